The summed E-state index contributed by atoms with van der Waals surface area (Å²) in [5.41, 5.74) is 3.51. The molecule has 40 heavy (non-hydrogen) atoms. The van der Waals surface area contributed by atoms with E-state index in [4.69, 9.17) is 9.72 Å². The zero-order valence-corrected chi connectivity index (χ0v) is 21.8. The Labute approximate surface area is 229 Å². The minimum atomic E-state index is -0.567. The number of aromatic amines is 2. The van der Waals surface area contributed by atoms with Gasteiger partial charge in [-0.25, -0.2) is 9.97 Å². The summed E-state index contributed by atoms with van der Waals surface area (Å²) < 4.78 is 5.61. The number of para-hydroxylation sites is 2. The monoisotopic (exact) mass is 530 g/mol. The van der Waals surface area contributed by atoms with Crippen LogP contribution in [0.1, 0.15) is 10.4 Å². The molecule has 7 rings (SSSR count). The molecule has 1 aliphatic rings. The first-order chi connectivity index (χ1) is 19.6. The molecule has 0 atom stereocenters. The highest BCUT2D eigenvalue weighted by Gasteiger charge is 2.30. The summed E-state index contributed by atoms with van der Waals surface area (Å²) in [5.74, 6) is 0.986. The summed E-state index contributed by atoms with van der Waals surface area (Å²) in [6.07, 6.45) is 3.40. The summed E-state index contributed by atoms with van der Waals surface area (Å²) in [6.45, 7) is 2.04. The van der Waals surface area contributed by atoms with Crippen LogP contribution in [0.5, 0.6) is 5.75 Å². The number of aromatic nitrogens is 4. The zero-order valence-electron chi connectivity index (χ0n) is 21.8. The van der Waals surface area contributed by atoms with Crippen molar-refractivity contribution in [1.82, 2.24) is 24.8 Å². The molecule has 1 saturated heterocycles. The van der Waals surface area contributed by atoms with E-state index in [0.717, 1.165) is 33.2 Å². The van der Waals surface area contributed by atoms with Crippen LogP contribution in [0, 0.1) is 0 Å². The molecule has 198 valence electrons. The van der Waals surface area contributed by atoms with Gasteiger partial charge in [0, 0.05) is 49.5 Å². The van der Waals surface area contributed by atoms with E-state index >= 15 is 0 Å². The SMILES string of the molecule is COc1ccc(-c2nc3ccccc3[nH]2)c2[nH]cc(C(=O)C(=O)N3CCN(c4nccc5ccccc45)CC3)c12. The second-order valence-electron chi connectivity index (χ2n) is 9.83. The number of rotatable bonds is 5. The Bertz CT molecular complexity index is 1880. The highest BCUT2D eigenvalue weighted by Crippen LogP contribution is 2.36. The molecule has 2 N–H and O–H groups in total. The quantitative estimate of drug-likeness (QED) is 0.245. The maximum Gasteiger partial charge on any atom is 0.295 e. The normalized spacial score (nSPS) is 13.8. The predicted octanol–water partition coefficient (Wildman–Crippen LogP) is 4.80. The van der Waals surface area contributed by atoms with E-state index < -0.39 is 11.7 Å². The molecule has 4 heterocycles. The molecule has 9 heteroatoms. The van der Waals surface area contributed by atoms with Crippen LogP contribution in [-0.2, 0) is 4.79 Å². The van der Waals surface area contributed by atoms with E-state index in [1.165, 1.54) is 0 Å². The molecule has 0 aliphatic carbocycles. The van der Waals surface area contributed by atoms with Gasteiger partial charge in [-0.3, -0.25) is 9.59 Å². The third-order valence-corrected chi connectivity index (χ3v) is 7.62. The topological polar surface area (TPSA) is 107 Å². The standard InChI is InChI=1S/C31H26N6O3/c1-40-25-11-10-21(29-34-23-8-4-5-9-24(23)35-29)27-26(25)22(18-33-27)28(38)31(39)37-16-14-36(15-17-37)30-20-7-3-2-6-19(20)12-13-32-30/h2-13,18,33H,14-17H2,1H3,(H,34,35). The third kappa shape index (κ3) is 3.86. The number of pyridine rings is 1. The Morgan fingerprint density at radius 2 is 1.73 bits per heavy atom. The molecular weight excluding hydrogens is 504 g/mol. The van der Waals surface area contributed by atoms with E-state index in [1.807, 2.05) is 54.7 Å². The number of methoxy groups -OCH3 is 1. The Kier molecular flexibility index (Phi) is 5.70. The van der Waals surface area contributed by atoms with Gasteiger partial charge in [-0.2, -0.15) is 0 Å². The summed E-state index contributed by atoms with van der Waals surface area (Å²) in [5, 5.41) is 2.76. The van der Waals surface area contributed by atoms with Crippen LogP contribution in [0.4, 0.5) is 5.82 Å². The molecular formula is C31H26N6O3. The van der Waals surface area contributed by atoms with Crippen molar-refractivity contribution >= 4 is 50.2 Å². The highest BCUT2D eigenvalue weighted by molar-refractivity contribution is 6.45. The van der Waals surface area contributed by atoms with Crippen LogP contribution in [0.3, 0.4) is 0 Å². The van der Waals surface area contributed by atoms with Crippen LogP contribution >= 0.6 is 0 Å². The van der Waals surface area contributed by atoms with Crippen molar-refractivity contribution < 1.29 is 14.3 Å². The number of nitrogens with zero attached hydrogens (tertiary/aromatic N) is 4. The number of anilines is 1. The van der Waals surface area contributed by atoms with E-state index in [1.54, 1.807) is 24.3 Å². The molecule has 3 aromatic heterocycles. The van der Waals surface area contributed by atoms with Crippen molar-refractivity contribution in [3.63, 3.8) is 0 Å². The Morgan fingerprint density at radius 1 is 0.925 bits per heavy atom. The van der Waals surface area contributed by atoms with Crippen LogP contribution < -0.4 is 9.64 Å². The lowest BCUT2D eigenvalue weighted by atomic mass is 10.0. The van der Waals surface area contributed by atoms with Gasteiger partial charge in [0.2, 0.25) is 0 Å². The van der Waals surface area contributed by atoms with Gasteiger partial charge in [0.1, 0.15) is 17.4 Å². The molecule has 1 aliphatic heterocycles. The van der Waals surface area contributed by atoms with Crippen molar-refractivity contribution in [2.45, 2.75) is 0 Å². The average Bonchev–Trinajstić information content (AvgIpc) is 3.65. The van der Waals surface area contributed by atoms with Crippen molar-refractivity contribution in [3.05, 3.63) is 84.7 Å². The summed E-state index contributed by atoms with van der Waals surface area (Å²) in [6, 6.07) is 21.6. The lowest BCUT2D eigenvalue weighted by molar-refractivity contribution is -0.126. The number of fused-ring (bicyclic) bond motifs is 3. The molecule has 1 amide bonds. The van der Waals surface area contributed by atoms with Crippen LogP contribution in [0.2, 0.25) is 0 Å². The lowest BCUT2D eigenvalue weighted by Gasteiger charge is -2.35. The molecule has 0 spiro atoms. The fraction of sp³-hybridized carbons (Fsp3) is 0.161. The number of benzene rings is 3. The second kappa shape index (κ2) is 9.53. The maximum absolute atomic E-state index is 13.6. The number of piperazine rings is 1. The third-order valence-electron chi connectivity index (χ3n) is 7.62. The molecule has 0 saturated carbocycles. The number of hydrogen-bond acceptors (Lipinski definition) is 6. The fourth-order valence-corrected chi connectivity index (χ4v) is 5.58. The minimum absolute atomic E-state index is 0.285. The Morgan fingerprint density at radius 3 is 2.55 bits per heavy atom. The number of hydrogen-bond donors (Lipinski definition) is 2. The number of carbonyl (C=O) groups is 2. The van der Waals surface area contributed by atoms with Gasteiger partial charge in [0.05, 0.1) is 34.6 Å². The van der Waals surface area contributed by atoms with Crippen molar-refractivity contribution in [2.75, 3.05) is 38.2 Å². The number of H-pyrrole nitrogens is 2. The first kappa shape index (κ1) is 23.9. The highest BCUT2D eigenvalue weighted by atomic mass is 16.5. The molecule has 0 radical (unpaired) electrons. The Hall–Kier alpha value is -5.18. The number of ether oxygens (including phenoxy) is 1. The van der Waals surface area contributed by atoms with Crippen LogP contribution in [-0.4, -0.2) is 69.8 Å². The van der Waals surface area contributed by atoms with Crippen molar-refractivity contribution in [2.24, 2.45) is 0 Å². The van der Waals surface area contributed by atoms with Crippen LogP contribution in [0.15, 0.2) is 79.1 Å². The van der Waals surface area contributed by atoms with Gasteiger partial charge in [-0.15, -0.1) is 0 Å². The number of Topliss-reactive ketones (excluding diaryl/α,β-unsaturated/α-hetero) is 1. The number of imidazole rings is 1. The first-order valence-electron chi connectivity index (χ1n) is 13.2. The van der Waals surface area contributed by atoms with Gasteiger partial charge in [0.15, 0.2) is 0 Å². The lowest BCUT2D eigenvalue weighted by Crippen LogP contribution is -2.50. The smallest absolute Gasteiger partial charge is 0.295 e. The van der Waals surface area contributed by atoms with E-state index in [2.05, 4.69) is 32.0 Å². The zero-order chi connectivity index (χ0) is 27.2. The molecule has 6 aromatic rings. The van der Waals surface area contributed by atoms with Gasteiger partial charge < -0.3 is 24.5 Å². The fourth-order valence-electron chi connectivity index (χ4n) is 5.58. The van der Waals surface area contributed by atoms with Gasteiger partial charge in [-0.1, -0.05) is 36.4 Å². The summed E-state index contributed by atoms with van der Waals surface area (Å²) >= 11 is 0. The first-order valence-corrected chi connectivity index (χ1v) is 13.2. The largest absolute Gasteiger partial charge is 0.496 e. The van der Waals surface area contributed by atoms with Gasteiger partial charge in [0.25, 0.3) is 11.7 Å². The Balaban J connectivity index is 1.16. The number of ketones is 1. The molecule has 9 nitrogen and oxygen atoms in total. The average molecular weight is 531 g/mol. The molecule has 0 unspecified atom stereocenters. The number of amides is 1. The van der Waals surface area contributed by atoms with Crippen molar-refractivity contribution in [3.8, 4) is 17.1 Å². The van der Waals surface area contributed by atoms with Crippen LogP contribution in [0.25, 0.3) is 44.1 Å². The van der Waals surface area contributed by atoms with E-state index in [9.17, 15) is 9.59 Å². The minimum Gasteiger partial charge on any atom is -0.496 e. The molecule has 0 bridgehead atoms. The van der Waals surface area contributed by atoms with Gasteiger partial charge >= 0.3 is 0 Å². The second-order valence-corrected chi connectivity index (χ2v) is 9.83. The number of nitrogens with one attached hydrogen (secondary N) is 2. The maximum atomic E-state index is 13.6. The predicted molar refractivity (Wildman–Crippen MR) is 155 cm³/mol. The van der Waals surface area contributed by atoms with E-state index in [0.29, 0.717) is 48.7 Å². The molecule has 3 aromatic carbocycles. The summed E-state index contributed by atoms with van der Waals surface area (Å²) in [7, 11) is 1.55. The number of carbonyl (C=O) groups excluding carboxylic acids is 2. The van der Waals surface area contributed by atoms with Gasteiger partial charge in [-0.05, 0) is 35.7 Å². The summed E-state index contributed by atoms with van der Waals surface area (Å²) in [4.78, 5) is 46.7. The van der Waals surface area contributed by atoms with E-state index in [-0.39, 0.29) is 5.56 Å². The molecule has 1 fully saturated rings. The van der Waals surface area contributed by atoms with Crippen molar-refractivity contribution in [1.29, 1.82) is 0 Å².